The van der Waals surface area contributed by atoms with E-state index >= 15 is 0 Å². The zero-order valence-electron chi connectivity index (χ0n) is 13.3. The normalized spacial score (nSPS) is 35.7. The summed E-state index contributed by atoms with van der Waals surface area (Å²) in [6.45, 7) is 12.0. The highest BCUT2D eigenvalue weighted by atomic mass is 16.5. The number of rotatable bonds is 3. The Kier molecular flexibility index (Phi) is 4.97. The van der Waals surface area contributed by atoms with Gasteiger partial charge in [-0.15, -0.1) is 0 Å². The second-order valence-corrected chi connectivity index (χ2v) is 7.13. The molecule has 3 aliphatic heterocycles. The van der Waals surface area contributed by atoms with Crippen LogP contribution in [0, 0.1) is 5.92 Å². The van der Waals surface area contributed by atoms with Crippen LogP contribution in [-0.4, -0.2) is 86.3 Å². The lowest BCUT2D eigenvalue weighted by atomic mass is 10.00. The molecule has 0 aromatic rings. The van der Waals surface area contributed by atoms with E-state index in [2.05, 4.69) is 28.7 Å². The van der Waals surface area contributed by atoms with Crippen molar-refractivity contribution in [3.63, 3.8) is 0 Å². The quantitative estimate of drug-likeness (QED) is 0.772. The average Bonchev–Trinajstić information content (AvgIpc) is 2.85. The van der Waals surface area contributed by atoms with Gasteiger partial charge in [0.2, 0.25) is 0 Å². The van der Waals surface area contributed by atoms with E-state index in [9.17, 15) is 0 Å². The molecule has 0 N–H and O–H groups in total. The zero-order chi connectivity index (χ0) is 13.9. The van der Waals surface area contributed by atoms with Crippen LogP contribution in [0.5, 0.6) is 0 Å². The summed E-state index contributed by atoms with van der Waals surface area (Å²) in [5.74, 6) is 0.917. The lowest BCUT2D eigenvalue weighted by molar-refractivity contribution is -0.0438. The van der Waals surface area contributed by atoms with Gasteiger partial charge in [0.1, 0.15) is 0 Å². The minimum Gasteiger partial charge on any atom is -0.376 e. The second-order valence-electron chi connectivity index (χ2n) is 7.13. The summed E-state index contributed by atoms with van der Waals surface area (Å²) in [4.78, 5) is 7.87. The molecule has 3 saturated heterocycles. The van der Waals surface area contributed by atoms with E-state index in [1.54, 1.807) is 0 Å². The van der Waals surface area contributed by atoms with E-state index < -0.39 is 0 Å². The van der Waals surface area contributed by atoms with Crippen molar-refractivity contribution in [1.82, 2.24) is 14.7 Å². The summed E-state index contributed by atoms with van der Waals surface area (Å²) in [5, 5.41) is 0. The predicted molar refractivity (Wildman–Crippen MR) is 82.1 cm³/mol. The maximum absolute atomic E-state index is 5.66. The van der Waals surface area contributed by atoms with Crippen molar-refractivity contribution in [1.29, 1.82) is 0 Å². The highest BCUT2D eigenvalue weighted by Crippen LogP contribution is 2.22. The molecule has 0 amide bonds. The summed E-state index contributed by atoms with van der Waals surface area (Å²) >= 11 is 0. The molecule has 3 rings (SSSR count). The van der Waals surface area contributed by atoms with E-state index in [-0.39, 0.29) is 0 Å². The largest absolute Gasteiger partial charge is 0.376 e. The number of morpholine rings is 1. The van der Waals surface area contributed by atoms with Crippen molar-refractivity contribution < 1.29 is 4.74 Å². The molecule has 2 atom stereocenters. The zero-order valence-corrected chi connectivity index (χ0v) is 13.3. The van der Waals surface area contributed by atoms with Crippen molar-refractivity contribution in [3.05, 3.63) is 0 Å². The van der Waals surface area contributed by atoms with Crippen LogP contribution in [0.1, 0.15) is 26.2 Å². The maximum Gasteiger partial charge on any atom is 0.0674 e. The molecule has 0 aliphatic carbocycles. The van der Waals surface area contributed by atoms with Crippen LogP contribution >= 0.6 is 0 Å². The molecular formula is C16H31N3O. The molecule has 116 valence electrons. The number of ether oxygens (including phenoxy) is 1. The van der Waals surface area contributed by atoms with Crippen LogP contribution < -0.4 is 0 Å². The molecule has 4 heteroatoms. The van der Waals surface area contributed by atoms with Gasteiger partial charge in [0, 0.05) is 32.2 Å². The Balaban J connectivity index is 1.40. The molecule has 3 aliphatic rings. The Bertz CT molecular complexity index is 304. The van der Waals surface area contributed by atoms with Crippen molar-refractivity contribution in [2.24, 2.45) is 5.92 Å². The molecule has 0 radical (unpaired) electrons. The Morgan fingerprint density at radius 1 is 1.00 bits per heavy atom. The first-order valence-corrected chi connectivity index (χ1v) is 8.47. The number of likely N-dealkylation sites (tertiary alicyclic amines) is 2. The topological polar surface area (TPSA) is 19.0 Å². The highest BCUT2D eigenvalue weighted by Gasteiger charge is 2.29. The van der Waals surface area contributed by atoms with Gasteiger partial charge in [0.15, 0.2) is 0 Å². The average molecular weight is 281 g/mol. The Morgan fingerprint density at radius 2 is 1.80 bits per heavy atom. The molecular weight excluding hydrogens is 250 g/mol. The summed E-state index contributed by atoms with van der Waals surface area (Å²) in [7, 11) is 2.26. The van der Waals surface area contributed by atoms with Gasteiger partial charge in [-0.2, -0.15) is 0 Å². The first-order chi connectivity index (χ1) is 9.70. The molecule has 0 bridgehead atoms. The monoisotopic (exact) mass is 281 g/mol. The third-order valence-corrected chi connectivity index (χ3v) is 5.35. The van der Waals surface area contributed by atoms with Gasteiger partial charge in [-0.25, -0.2) is 0 Å². The number of hydrogen-bond acceptors (Lipinski definition) is 4. The minimum atomic E-state index is 0.427. The number of hydrogen-bond donors (Lipinski definition) is 0. The third kappa shape index (κ3) is 3.73. The Hall–Kier alpha value is -0.160. The van der Waals surface area contributed by atoms with Crippen LogP contribution in [0.3, 0.4) is 0 Å². The van der Waals surface area contributed by atoms with Gasteiger partial charge in [-0.1, -0.05) is 0 Å². The third-order valence-electron chi connectivity index (χ3n) is 5.35. The van der Waals surface area contributed by atoms with Gasteiger partial charge in [-0.3, -0.25) is 4.90 Å². The van der Waals surface area contributed by atoms with Gasteiger partial charge in [0.05, 0.1) is 12.7 Å². The van der Waals surface area contributed by atoms with Gasteiger partial charge in [0.25, 0.3) is 0 Å². The molecule has 20 heavy (non-hydrogen) atoms. The molecule has 0 aromatic carbocycles. The van der Waals surface area contributed by atoms with Crippen molar-refractivity contribution in [2.45, 2.75) is 38.3 Å². The Morgan fingerprint density at radius 3 is 2.45 bits per heavy atom. The first-order valence-electron chi connectivity index (χ1n) is 8.47. The fourth-order valence-corrected chi connectivity index (χ4v) is 4.18. The molecule has 3 heterocycles. The van der Waals surface area contributed by atoms with Gasteiger partial charge in [-0.05, 0) is 58.8 Å². The Labute approximate surface area is 124 Å². The summed E-state index contributed by atoms with van der Waals surface area (Å²) in [6, 6.07) is 0.809. The lowest BCUT2D eigenvalue weighted by Crippen LogP contribution is -2.51. The van der Waals surface area contributed by atoms with Gasteiger partial charge < -0.3 is 14.5 Å². The second kappa shape index (κ2) is 6.73. The molecule has 0 spiro atoms. The maximum atomic E-state index is 5.66. The van der Waals surface area contributed by atoms with E-state index in [4.69, 9.17) is 4.74 Å². The predicted octanol–water partition coefficient (Wildman–Crippen LogP) is 1.12. The van der Waals surface area contributed by atoms with Crippen molar-refractivity contribution >= 4 is 0 Å². The first kappa shape index (κ1) is 14.8. The SMILES string of the molecule is C[C@@H]1CN(C2CCN(C[C@H]3CCN(C)C3)CC2)CCO1. The highest BCUT2D eigenvalue weighted by molar-refractivity contribution is 4.84. The summed E-state index contributed by atoms with van der Waals surface area (Å²) < 4.78 is 5.66. The smallest absolute Gasteiger partial charge is 0.0674 e. The summed E-state index contributed by atoms with van der Waals surface area (Å²) in [5.41, 5.74) is 0. The molecule has 3 fully saturated rings. The van der Waals surface area contributed by atoms with E-state index in [1.807, 2.05) is 0 Å². The van der Waals surface area contributed by atoms with Crippen LogP contribution in [0.4, 0.5) is 0 Å². The van der Waals surface area contributed by atoms with Gasteiger partial charge >= 0.3 is 0 Å². The van der Waals surface area contributed by atoms with E-state index in [0.29, 0.717) is 6.10 Å². The van der Waals surface area contributed by atoms with Crippen LogP contribution in [0.25, 0.3) is 0 Å². The molecule has 4 nitrogen and oxygen atoms in total. The minimum absolute atomic E-state index is 0.427. The van der Waals surface area contributed by atoms with Crippen LogP contribution in [-0.2, 0) is 4.74 Å². The lowest BCUT2D eigenvalue weighted by Gasteiger charge is -2.42. The number of piperidine rings is 1. The van der Waals surface area contributed by atoms with Crippen molar-refractivity contribution in [2.75, 3.05) is 59.5 Å². The fraction of sp³-hybridized carbons (Fsp3) is 1.00. The summed E-state index contributed by atoms with van der Waals surface area (Å²) in [6.07, 6.45) is 4.54. The number of nitrogens with zero attached hydrogens (tertiary/aromatic N) is 3. The fourth-order valence-electron chi connectivity index (χ4n) is 4.18. The van der Waals surface area contributed by atoms with Crippen molar-refractivity contribution in [3.8, 4) is 0 Å². The molecule has 0 unspecified atom stereocenters. The van der Waals surface area contributed by atoms with Crippen LogP contribution in [0.2, 0.25) is 0 Å². The van der Waals surface area contributed by atoms with Crippen LogP contribution in [0.15, 0.2) is 0 Å². The van der Waals surface area contributed by atoms with E-state index in [1.165, 1.54) is 52.0 Å². The molecule has 0 aromatic heterocycles. The van der Waals surface area contributed by atoms with E-state index in [0.717, 1.165) is 31.7 Å². The molecule has 0 saturated carbocycles. The standard InChI is InChI=1S/C16H31N3O/c1-14-11-19(9-10-20-14)16-4-7-18(8-5-16)13-15-3-6-17(2)12-15/h14-16H,3-13H2,1-2H3/t14-,15+/m1/s1.